The number of aliphatic hydroxyl groups is 1. The standard InChI is InChI=1S/C17H16F4OS/c18-16(19,15(22)12-11-13-7-3-1-4-8-13)17(20,21)23-14-9-5-2-6-10-14/h1-10,15,22H,11-12H2. The number of rotatable bonds is 7. The first-order valence-electron chi connectivity index (χ1n) is 7.04. The molecule has 0 bridgehead atoms. The highest BCUT2D eigenvalue weighted by Gasteiger charge is 2.61. The molecule has 0 heterocycles. The molecule has 0 saturated carbocycles. The Balaban J connectivity index is 2.02. The number of hydrogen-bond acceptors (Lipinski definition) is 2. The van der Waals surface area contributed by atoms with Crippen LogP contribution in [-0.2, 0) is 6.42 Å². The minimum atomic E-state index is -4.53. The van der Waals surface area contributed by atoms with Crippen LogP contribution in [0.1, 0.15) is 12.0 Å². The first-order valence-corrected chi connectivity index (χ1v) is 7.86. The molecule has 1 atom stereocenters. The molecule has 0 fully saturated rings. The molecule has 2 rings (SSSR count). The van der Waals surface area contributed by atoms with Crippen LogP contribution in [0.3, 0.4) is 0 Å². The maximum atomic E-state index is 14.0. The summed E-state index contributed by atoms with van der Waals surface area (Å²) in [6, 6.07) is 15.8. The maximum absolute atomic E-state index is 14.0. The summed E-state index contributed by atoms with van der Waals surface area (Å²) in [7, 11) is 0. The van der Waals surface area contributed by atoms with Crippen LogP contribution >= 0.6 is 11.8 Å². The average molecular weight is 344 g/mol. The largest absolute Gasteiger partial charge is 0.387 e. The van der Waals surface area contributed by atoms with Gasteiger partial charge in [0.05, 0.1) is 0 Å². The molecule has 0 aromatic heterocycles. The summed E-state index contributed by atoms with van der Waals surface area (Å²) in [5.41, 5.74) is 0.710. The quantitative estimate of drug-likeness (QED) is 0.563. The summed E-state index contributed by atoms with van der Waals surface area (Å²) >= 11 is -0.241. The highest BCUT2D eigenvalue weighted by Crippen LogP contribution is 2.48. The normalized spacial score (nSPS) is 13.8. The zero-order valence-corrected chi connectivity index (χ0v) is 12.9. The second kappa shape index (κ2) is 7.36. The minimum Gasteiger partial charge on any atom is -0.387 e. The van der Waals surface area contributed by atoms with Gasteiger partial charge in [-0.1, -0.05) is 48.5 Å². The number of aliphatic hydroxyl groups excluding tert-OH is 1. The summed E-state index contributed by atoms with van der Waals surface area (Å²) in [4.78, 5) is 0.0208. The summed E-state index contributed by atoms with van der Waals surface area (Å²) in [5.74, 6) is -4.53. The molecule has 0 aliphatic heterocycles. The Morgan fingerprint density at radius 3 is 1.96 bits per heavy atom. The average Bonchev–Trinajstić information content (AvgIpc) is 2.54. The van der Waals surface area contributed by atoms with E-state index in [2.05, 4.69) is 0 Å². The smallest absolute Gasteiger partial charge is 0.363 e. The fraction of sp³-hybridized carbons (Fsp3) is 0.294. The Labute approximate surface area is 136 Å². The number of aryl methyl sites for hydroxylation is 1. The molecule has 0 aliphatic carbocycles. The molecule has 1 nitrogen and oxygen atoms in total. The molecule has 0 amide bonds. The molecule has 23 heavy (non-hydrogen) atoms. The lowest BCUT2D eigenvalue weighted by Crippen LogP contribution is -2.47. The van der Waals surface area contributed by atoms with Gasteiger partial charge in [0.1, 0.15) is 6.10 Å². The van der Waals surface area contributed by atoms with Crippen molar-refractivity contribution < 1.29 is 22.7 Å². The number of halogens is 4. The van der Waals surface area contributed by atoms with E-state index >= 15 is 0 Å². The lowest BCUT2D eigenvalue weighted by molar-refractivity contribution is -0.210. The Kier molecular flexibility index (Phi) is 5.70. The van der Waals surface area contributed by atoms with Gasteiger partial charge in [0.15, 0.2) is 0 Å². The third-order valence-corrected chi connectivity index (χ3v) is 4.38. The van der Waals surface area contributed by atoms with E-state index in [1.807, 2.05) is 0 Å². The highest BCUT2D eigenvalue weighted by atomic mass is 32.2. The van der Waals surface area contributed by atoms with Gasteiger partial charge in [0.25, 0.3) is 0 Å². The molecule has 0 saturated heterocycles. The lowest BCUT2D eigenvalue weighted by atomic mass is 10.0. The zero-order valence-electron chi connectivity index (χ0n) is 12.1. The van der Waals surface area contributed by atoms with Gasteiger partial charge in [-0.2, -0.15) is 17.6 Å². The van der Waals surface area contributed by atoms with Crippen LogP contribution in [0.25, 0.3) is 0 Å². The Bertz CT molecular complexity index is 605. The first-order chi connectivity index (χ1) is 10.8. The van der Waals surface area contributed by atoms with Crippen molar-refractivity contribution in [2.75, 3.05) is 0 Å². The maximum Gasteiger partial charge on any atom is 0.363 e. The topological polar surface area (TPSA) is 20.2 Å². The van der Waals surface area contributed by atoms with Crippen molar-refractivity contribution in [3.05, 3.63) is 66.2 Å². The molecule has 6 heteroatoms. The van der Waals surface area contributed by atoms with E-state index in [4.69, 9.17) is 0 Å². The fourth-order valence-corrected chi connectivity index (χ4v) is 2.89. The van der Waals surface area contributed by atoms with Crippen LogP contribution in [-0.4, -0.2) is 22.4 Å². The molecule has 1 unspecified atom stereocenters. The van der Waals surface area contributed by atoms with Crippen LogP contribution in [0.2, 0.25) is 0 Å². The second-order valence-electron chi connectivity index (χ2n) is 5.09. The Morgan fingerprint density at radius 1 is 0.870 bits per heavy atom. The SMILES string of the molecule is OC(CCc1ccccc1)C(F)(F)C(F)(F)Sc1ccccc1. The Morgan fingerprint density at radius 2 is 1.39 bits per heavy atom. The van der Waals surface area contributed by atoms with Crippen LogP contribution in [0.15, 0.2) is 65.6 Å². The Hall–Kier alpha value is -1.53. The molecule has 0 aliphatic rings. The molecule has 2 aromatic rings. The summed E-state index contributed by atoms with van der Waals surface area (Å²) in [5, 5.41) is 5.21. The zero-order chi connectivity index (χ0) is 16.9. The van der Waals surface area contributed by atoms with Crippen LogP contribution in [0, 0.1) is 0 Å². The van der Waals surface area contributed by atoms with Gasteiger partial charge in [-0.3, -0.25) is 0 Å². The number of alkyl halides is 4. The van der Waals surface area contributed by atoms with Gasteiger partial charge < -0.3 is 5.11 Å². The van der Waals surface area contributed by atoms with E-state index < -0.39 is 23.7 Å². The van der Waals surface area contributed by atoms with Gasteiger partial charge in [-0.25, -0.2) is 0 Å². The molecular weight excluding hydrogens is 328 g/mol. The number of hydrogen-bond donors (Lipinski definition) is 1. The van der Waals surface area contributed by atoms with Crippen molar-refractivity contribution in [2.45, 2.75) is 35.0 Å². The summed E-state index contributed by atoms with van der Waals surface area (Å²) < 4.78 is 55.8. The van der Waals surface area contributed by atoms with Crippen molar-refractivity contribution >= 4 is 11.8 Å². The molecule has 124 valence electrons. The highest BCUT2D eigenvalue weighted by molar-refractivity contribution is 8.00. The van der Waals surface area contributed by atoms with Crippen molar-refractivity contribution in [2.24, 2.45) is 0 Å². The number of thioether (sulfide) groups is 1. The lowest BCUT2D eigenvalue weighted by Gasteiger charge is -2.29. The van der Waals surface area contributed by atoms with Crippen LogP contribution in [0.5, 0.6) is 0 Å². The van der Waals surface area contributed by atoms with E-state index in [-0.39, 0.29) is 23.1 Å². The van der Waals surface area contributed by atoms with E-state index in [1.165, 1.54) is 24.3 Å². The van der Waals surface area contributed by atoms with Crippen LogP contribution < -0.4 is 0 Å². The molecule has 0 spiro atoms. The minimum absolute atomic E-state index is 0.0208. The summed E-state index contributed by atoms with van der Waals surface area (Å²) in [6.07, 6.45) is -2.76. The second-order valence-corrected chi connectivity index (χ2v) is 6.28. The predicted molar refractivity (Wildman–Crippen MR) is 83.0 cm³/mol. The van der Waals surface area contributed by atoms with E-state index in [0.717, 1.165) is 0 Å². The third kappa shape index (κ3) is 4.48. The van der Waals surface area contributed by atoms with E-state index in [9.17, 15) is 22.7 Å². The van der Waals surface area contributed by atoms with Crippen LogP contribution in [0.4, 0.5) is 17.6 Å². The van der Waals surface area contributed by atoms with Crippen molar-refractivity contribution in [3.63, 3.8) is 0 Å². The summed E-state index contributed by atoms with van der Waals surface area (Å²) in [6.45, 7) is 0. The molecular formula is C17H16F4OS. The first kappa shape index (κ1) is 17.8. The third-order valence-electron chi connectivity index (χ3n) is 3.35. The molecule has 1 N–H and O–H groups in total. The van der Waals surface area contributed by atoms with Gasteiger partial charge in [0, 0.05) is 4.90 Å². The van der Waals surface area contributed by atoms with Gasteiger partial charge in [-0.05, 0) is 42.3 Å². The molecule has 0 radical (unpaired) electrons. The van der Waals surface area contributed by atoms with Crippen molar-refractivity contribution in [3.8, 4) is 0 Å². The van der Waals surface area contributed by atoms with E-state index in [0.29, 0.717) is 5.56 Å². The van der Waals surface area contributed by atoms with Gasteiger partial charge in [0.2, 0.25) is 0 Å². The van der Waals surface area contributed by atoms with Crippen molar-refractivity contribution in [1.82, 2.24) is 0 Å². The van der Waals surface area contributed by atoms with Gasteiger partial charge >= 0.3 is 11.2 Å². The fourth-order valence-electron chi connectivity index (χ4n) is 2.03. The predicted octanol–water partition coefficient (Wildman–Crippen LogP) is 5.00. The number of benzene rings is 2. The molecule has 2 aromatic carbocycles. The monoisotopic (exact) mass is 344 g/mol. The van der Waals surface area contributed by atoms with Gasteiger partial charge in [-0.15, -0.1) is 0 Å². The van der Waals surface area contributed by atoms with Crippen molar-refractivity contribution in [1.29, 1.82) is 0 Å². The van der Waals surface area contributed by atoms with E-state index in [1.54, 1.807) is 36.4 Å².